The van der Waals surface area contributed by atoms with Crippen LogP contribution >= 0.6 is 11.6 Å². The quantitative estimate of drug-likeness (QED) is 0.798. The van der Waals surface area contributed by atoms with Crippen LogP contribution in [0.2, 0.25) is 5.02 Å². The lowest BCUT2D eigenvalue weighted by molar-refractivity contribution is -0.134. The maximum atomic E-state index is 12.3. The maximum absolute atomic E-state index is 12.3. The van der Waals surface area contributed by atoms with Crippen molar-refractivity contribution in [1.82, 2.24) is 0 Å². The molecule has 8 heteroatoms. The summed E-state index contributed by atoms with van der Waals surface area (Å²) < 4.78 is 33.8. The molecule has 0 fully saturated rings. The molecule has 1 aliphatic rings. The highest BCUT2D eigenvalue weighted by molar-refractivity contribution is 7.92. The van der Waals surface area contributed by atoms with E-state index in [1.807, 2.05) is 0 Å². The first-order valence-corrected chi connectivity index (χ1v) is 7.89. The normalized spacial score (nSPS) is 17.0. The zero-order valence-electron chi connectivity index (χ0n) is 11.4. The summed E-state index contributed by atoms with van der Waals surface area (Å²) in [5.74, 6) is -0.767. The molecule has 0 amide bonds. The van der Waals surface area contributed by atoms with Gasteiger partial charge in [-0.05, 0) is 44.2 Å². The number of hydrogen-bond donors (Lipinski definition) is 0. The number of ether oxygens (including phenoxy) is 1. The third kappa shape index (κ3) is 3.25. The fourth-order valence-corrected chi connectivity index (χ4v) is 3.23. The van der Waals surface area contributed by atoms with Gasteiger partial charge in [0.1, 0.15) is 0 Å². The van der Waals surface area contributed by atoms with Crippen molar-refractivity contribution in [3.05, 3.63) is 41.1 Å². The molecule has 0 aromatic heterocycles. The van der Waals surface area contributed by atoms with Gasteiger partial charge in [-0.3, -0.25) is 0 Å². The molecule has 0 unspecified atom stereocenters. The van der Waals surface area contributed by atoms with Crippen molar-refractivity contribution < 1.29 is 17.9 Å². The molecular formula is C13H13ClN2O4S. The SMILES string of the molecule is CCOC(=O)C1=NS(=O)(=O)N(c2ccc(Cl)cc2)C(C)=C1. The first-order valence-electron chi connectivity index (χ1n) is 6.11. The van der Waals surface area contributed by atoms with E-state index >= 15 is 0 Å². The number of carbonyl (C=O) groups excluding carboxylic acids is 1. The van der Waals surface area contributed by atoms with Gasteiger partial charge in [-0.25, -0.2) is 9.10 Å². The highest BCUT2D eigenvalue weighted by atomic mass is 35.5. The molecule has 1 aliphatic heterocycles. The summed E-state index contributed by atoms with van der Waals surface area (Å²) in [6.45, 7) is 3.35. The van der Waals surface area contributed by atoms with Crippen LogP contribution in [0.5, 0.6) is 0 Å². The van der Waals surface area contributed by atoms with Crippen LogP contribution in [0.15, 0.2) is 40.4 Å². The number of allylic oxidation sites excluding steroid dienone is 1. The number of rotatable bonds is 3. The summed E-state index contributed by atoms with van der Waals surface area (Å²) in [6.07, 6.45) is 1.37. The topological polar surface area (TPSA) is 76.0 Å². The van der Waals surface area contributed by atoms with Crippen LogP contribution in [0.4, 0.5) is 5.69 Å². The minimum Gasteiger partial charge on any atom is -0.461 e. The number of hydrogen-bond acceptors (Lipinski definition) is 4. The Kier molecular flexibility index (Phi) is 4.34. The number of benzene rings is 1. The molecule has 1 aromatic rings. The van der Waals surface area contributed by atoms with E-state index in [-0.39, 0.29) is 12.3 Å². The Morgan fingerprint density at radius 3 is 2.48 bits per heavy atom. The third-order valence-corrected chi connectivity index (χ3v) is 4.30. The van der Waals surface area contributed by atoms with Crippen LogP contribution in [0.3, 0.4) is 0 Å². The van der Waals surface area contributed by atoms with Crippen molar-refractivity contribution >= 4 is 39.2 Å². The van der Waals surface area contributed by atoms with Crippen molar-refractivity contribution in [2.24, 2.45) is 4.40 Å². The number of carbonyl (C=O) groups is 1. The summed E-state index contributed by atoms with van der Waals surface area (Å²) in [7, 11) is -4.04. The average Bonchev–Trinajstić information content (AvgIpc) is 2.39. The van der Waals surface area contributed by atoms with Gasteiger partial charge in [0.15, 0.2) is 5.71 Å². The second-order valence-corrected chi connectivity index (χ2v) is 6.08. The zero-order valence-corrected chi connectivity index (χ0v) is 13.0. The van der Waals surface area contributed by atoms with E-state index in [2.05, 4.69) is 4.40 Å². The smallest absolute Gasteiger partial charge is 0.357 e. The van der Waals surface area contributed by atoms with E-state index < -0.39 is 16.2 Å². The molecule has 112 valence electrons. The van der Waals surface area contributed by atoms with Gasteiger partial charge >= 0.3 is 16.2 Å². The molecule has 1 aromatic carbocycles. The predicted molar refractivity (Wildman–Crippen MR) is 80.7 cm³/mol. The van der Waals surface area contributed by atoms with Gasteiger partial charge in [0.25, 0.3) is 0 Å². The van der Waals surface area contributed by atoms with E-state index in [1.54, 1.807) is 38.1 Å². The van der Waals surface area contributed by atoms with Crippen LogP contribution in [0.25, 0.3) is 0 Å². The second-order valence-electron chi connectivity index (χ2n) is 4.20. The predicted octanol–water partition coefficient (Wildman–Crippen LogP) is 2.31. The van der Waals surface area contributed by atoms with Gasteiger partial charge in [-0.1, -0.05) is 11.6 Å². The molecule has 0 spiro atoms. The summed E-state index contributed by atoms with van der Waals surface area (Å²) in [6, 6.07) is 6.26. The number of halogens is 1. The van der Waals surface area contributed by atoms with Crippen LogP contribution < -0.4 is 4.31 Å². The minimum atomic E-state index is -4.04. The van der Waals surface area contributed by atoms with Gasteiger partial charge in [-0.2, -0.15) is 8.42 Å². The average molecular weight is 329 g/mol. The molecule has 1 heterocycles. The monoisotopic (exact) mass is 328 g/mol. The number of nitrogens with zero attached hydrogens (tertiary/aromatic N) is 2. The van der Waals surface area contributed by atoms with E-state index in [9.17, 15) is 13.2 Å². The summed E-state index contributed by atoms with van der Waals surface area (Å²) in [5.41, 5.74) is 0.495. The van der Waals surface area contributed by atoms with Crippen LogP contribution in [0.1, 0.15) is 13.8 Å². The van der Waals surface area contributed by atoms with Crippen LogP contribution in [0, 0.1) is 0 Å². The first-order chi connectivity index (χ1) is 9.85. The van der Waals surface area contributed by atoms with E-state index in [4.69, 9.17) is 16.3 Å². The lowest BCUT2D eigenvalue weighted by Gasteiger charge is -2.25. The van der Waals surface area contributed by atoms with E-state index in [0.29, 0.717) is 16.4 Å². The lowest BCUT2D eigenvalue weighted by atomic mass is 10.2. The molecular weight excluding hydrogens is 316 g/mol. The Morgan fingerprint density at radius 2 is 1.95 bits per heavy atom. The molecule has 0 saturated carbocycles. The first kappa shape index (κ1) is 15.5. The molecule has 2 rings (SSSR count). The Labute approximate surface area is 127 Å². The van der Waals surface area contributed by atoms with Gasteiger partial charge in [-0.15, -0.1) is 4.40 Å². The largest absolute Gasteiger partial charge is 0.461 e. The maximum Gasteiger partial charge on any atom is 0.357 e. The Hall–Kier alpha value is -1.86. The third-order valence-electron chi connectivity index (χ3n) is 2.66. The standard InChI is InChI=1S/C13H13ClN2O4S/c1-3-20-13(17)12-8-9(2)16(21(18,19)15-12)11-6-4-10(14)5-7-11/h4-8H,3H2,1-2H3. The zero-order chi connectivity index (χ0) is 15.6. The molecule has 21 heavy (non-hydrogen) atoms. The second kappa shape index (κ2) is 5.87. The fourth-order valence-electron chi connectivity index (χ4n) is 1.84. The Bertz CT molecular complexity index is 723. The van der Waals surface area contributed by atoms with E-state index in [0.717, 1.165) is 4.31 Å². The molecule has 0 aliphatic carbocycles. The number of anilines is 1. The van der Waals surface area contributed by atoms with Crippen molar-refractivity contribution in [2.75, 3.05) is 10.9 Å². The lowest BCUT2D eigenvalue weighted by Crippen LogP contribution is -2.34. The van der Waals surface area contributed by atoms with Crippen molar-refractivity contribution in [3.8, 4) is 0 Å². The molecule has 6 nitrogen and oxygen atoms in total. The molecule has 0 atom stereocenters. The molecule has 0 bridgehead atoms. The van der Waals surface area contributed by atoms with Crippen LogP contribution in [-0.4, -0.2) is 26.7 Å². The minimum absolute atomic E-state index is 0.145. The van der Waals surface area contributed by atoms with Crippen molar-refractivity contribution in [3.63, 3.8) is 0 Å². The summed E-state index contributed by atoms with van der Waals surface area (Å²) in [5, 5.41) is 0.491. The van der Waals surface area contributed by atoms with Gasteiger partial charge in [0, 0.05) is 10.7 Å². The van der Waals surface area contributed by atoms with Gasteiger partial charge in [0.2, 0.25) is 0 Å². The van der Waals surface area contributed by atoms with Crippen molar-refractivity contribution in [1.29, 1.82) is 0 Å². The Morgan fingerprint density at radius 1 is 1.33 bits per heavy atom. The summed E-state index contributed by atoms with van der Waals surface area (Å²) >= 11 is 5.79. The van der Waals surface area contributed by atoms with E-state index in [1.165, 1.54) is 6.08 Å². The molecule has 0 saturated heterocycles. The van der Waals surface area contributed by atoms with Gasteiger partial charge < -0.3 is 4.74 Å². The summed E-state index contributed by atoms with van der Waals surface area (Å²) in [4.78, 5) is 11.6. The Balaban J connectivity index is 2.43. The van der Waals surface area contributed by atoms with Crippen molar-refractivity contribution in [2.45, 2.75) is 13.8 Å². The fraction of sp³-hybridized carbons (Fsp3) is 0.231. The molecule has 0 N–H and O–H groups in total. The number of esters is 1. The highest BCUT2D eigenvalue weighted by Gasteiger charge is 2.30. The van der Waals surface area contributed by atoms with Crippen LogP contribution in [-0.2, 0) is 19.7 Å². The van der Waals surface area contributed by atoms with Gasteiger partial charge in [0.05, 0.1) is 12.3 Å². The highest BCUT2D eigenvalue weighted by Crippen LogP contribution is 2.28. The molecule has 0 radical (unpaired) electrons.